The molecule has 1 amide bonds. The molecule has 1 aliphatic rings. The van der Waals surface area contributed by atoms with E-state index in [0.29, 0.717) is 12.1 Å². The quantitative estimate of drug-likeness (QED) is 0.918. The van der Waals surface area contributed by atoms with E-state index in [2.05, 4.69) is 41.2 Å². The molecule has 2 heterocycles. The Morgan fingerprint density at radius 2 is 2.00 bits per heavy atom. The molecule has 5 heteroatoms. The van der Waals surface area contributed by atoms with E-state index >= 15 is 0 Å². The van der Waals surface area contributed by atoms with Crippen LogP contribution in [0.5, 0.6) is 5.75 Å². The summed E-state index contributed by atoms with van der Waals surface area (Å²) >= 11 is 0. The van der Waals surface area contributed by atoms with Crippen LogP contribution in [0.4, 0.5) is 5.82 Å². The van der Waals surface area contributed by atoms with Gasteiger partial charge in [0.05, 0.1) is 13.1 Å². The van der Waals surface area contributed by atoms with Gasteiger partial charge in [-0.05, 0) is 44.0 Å². The molecule has 0 spiro atoms. The molecule has 0 bridgehead atoms. The van der Waals surface area contributed by atoms with E-state index in [0.717, 1.165) is 35.8 Å². The second kappa shape index (κ2) is 6.91. The third-order valence-corrected chi connectivity index (χ3v) is 4.21. The Balaban J connectivity index is 1.63. The minimum atomic E-state index is -0.0648. The summed E-state index contributed by atoms with van der Waals surface area (Å²) in [4.78, 5) is 18.4. The van der Waals surface area contributed by atoms with Gasteiger partial charge in [-0.15, -0.1) is 0 Å². The van der Waals surface area contributed by atoms with Crippen molar-refractivity contribution in [2.24, 2.45) is 0 Å². The Labute approximate surface area is 142 Å². The van der Waals surface area contributed by atoms with Crippen molar-refractivity contribution in [3.63, 3.8) is 0 Å². The van der Waals surface area contributed by atoms with Crippen molar-refractivity contribution >= 4 is 11.7 Å². The van der Waals surface area contributed by atoms with Gasteiger partial charge in [-0.3, -0.25) is 4.79 Å². The summed E-state index contributed by atoms with van der Waals surface area (Å²) < 4.78 is 6.13. The van der Waals surface area contributed by atoms with Crippen LogP contribution in [-0.4, -0.2) is 36.6 Å². The summed E-state index contributed by atoms with van der Waals surface area (Å²) in [5.74, 6) is 1.73. The lowest BCUT2D eigenvalue weighted by molar-refractivity contribution is 0.0955. The maximum absolute atomic E-state index is 11.9. The molecule has 1 fully saturated rings. The van der Waals surface area contributed by atoms with Gasteiger partial charge in [0.15, 0.2) is 0 Å². The molecule has 0 atom stereocenters. The summed E-state index contributed by atoms with van der Waals surface area (Å²) in [6, 6.07) is 9.74. The molecule has 1 aromatic heterocycles. The highest BCUT2D eigenvalue weighted by Crippen LogP contribution is 2.27. The number of nitrogens with one attached hydrogen (secondary N) is 1. The van der Waals surface area contributed by atoms with Crippen LogP contribution in [0.3, 0.4) is 0 Å². The average molecular weight is 325 g/mol. The highest BCUT2D eigenvalue weighted by atomic mass is 16.5. The smallest absolute Gasteiger partial charge is 0.251 e. The van der Waals surface area contributed by atoms with E-state index in [1.165, 1.54) is 0 Å². The van der Waals surface area contributed by atoms with Gasteiger partial charge in [0.25, 0.3) is 5.91 Å². The van der Waals surface area contributed by atoms with Crippen LogP contribution in [0, 0.1) is 13.8 Å². The maximum Gasteiger partial charge on any atom is 0.251 e. The summed E-state index contributed by atoms with van der Waals surface area (Å²) in [5, 5.41) is 2.81. The van der Waals surface area contributed by atoms with Crippen LogP contribution in [0.25, 0.3) is 0 Å². The fraction of sp³-hybridized carbons (Fsp3) is 0.368. The van der Waals surface area contributed by atoms with E-state index in [4.69, 9.17) is 4.74 Å². The number of amides is 1. The first-order valence-corrected chi connectivity index (χ1v) is 8.30. The Hall–Kier alpha value is -2.56. The van der Waals surface area contributed by atoms with Crippen molar-refractivity contribution < 1.29 is 9.53 Å². The van der Waals surface area contributed by atoms with E-state index in [-0.39, 0.29) is 12.0 Å². The van der Waals surface area contributed by atoms with Gasteiger partial charge < -0.3 is 15.0 Å². The number of hydrogen-bond donors (Lipinski definition) is 1. The predicted octanol–water partition coefficient (Wildman–Crippen LogP) is 2.72. The fourth-order valence-corrected chi connectivity index (χ4v) is 2.85. The molecular weight excluding hydrogens is 302 g/mol. The average Bonchev–Trinajstić information content (AvgIpc) is 2.53. The van der Waals surface area contributed by atoms with Gasteiger partial charge in [0, 0.05) is 18.3 Å². The topological polar surface area (TPSA) is 54.5 Å². The summed E-state index contributed by atoms with van der Waals surface area (Å²) in [6.07, 6.45) is 1.83. The van der Waals surface area contributed by atoms with Gasteiger partial charge in [-0.2, -0.15) is 0 Å². The number of benzene rings is 1. The number of rotatable bonds is 5. The number of aromatic nitrogens is 1. The molecule has 1 aliphatic heterocycles. The largest absolute Gasteiger partial charge is 0.486 e. The van der Waals surface area contributed by atoms with E-state index in [1.807, 2.05) is 19.1 Å². The molecule has 0 aliphatic carbocycles. The third-order valence-electron chi connectivity index (χ3n) is 4.21. The first-order valence-electron chi connectivity index (χ1n) is 8.30. The van der Waals surface area contributed by atoms with Crippen LogP contribution < -0.4 is 15.0 Å². The third kappa shape index (κ3) is 3.35. The Morgan fingerprint density at radius 1 is 1.29 bits per heavy atom. The lowest BCUT2D eigenvalue weighted by Gasteiger charge is -2.40. The SMILES string of the molecule is CCNC(=O)c1ccnc(N2CC(Oc3c(C)cccc3C)C2)c1. The minimum Gasteiger partial charge on any atom is -0.486 e. The predicted molar refractivity (Wildman–Crippen MR) is 94.8 cm³/mol. The molecule has 2 aromatic rings. The number of carbonyl (C=O) groups is 1. The van der Waals surface area contributed by atoms with Crippen molar-refractivity contribution in [1.82, 2.24) is 10.3 Å². The number of para-hydroxylation sites is 1. The van der Waals surface area contributed by atoms with Gasteiger partial charge in [0.2, 0.25) is 0 Å². The van der Waals surface area contributed by atoms with Gasteiger partial charge >= 0.3 is 0 Å². The van der Waals surface area contributed by atoms with Crippen molar-refractivity contribution in [2.45, 2.75) is 26.9 Å². The normalized spacial score (nSPS) is 14.2. The molecule has 1 N–H and O–H groups in total. The molecule has 0 radical (unpaired) electrons. The molecule has 5 nitrogen and oxygen atoms in total. The highest BCUT2D eigenvalue weighted by molar-refractivity contribution is 5.94. The zero-order chi connectivity index (χ0) is 17.1. The van der Waals surface area contributed by atoms with Crippen LogP contribution in [0.2, 0.25) is 0 Å². The summed E-state index contributed by atoms with van der Waals surface area (Å²) in [6.45, 7) is 8.21. The Kier molecular flexibility index (Phi) is 4.69. The second-order valence-corrected chi connectivity index (χ2v) is 6.13. The molecular formula is C19H23N3O2. The molecule has 1 saturated heterocycles. The summed E-state index contributed by atoms with van der Waals surface area (Å²) in [5.41, 5.74) is 2.95. The standard InChI is InChI=1S/C19H23N3O2/c1-4-20-19(23)15-8-9-21-17(10-15)22-11-16(12-22)24-18-13(2)6-5-7-14(18)3/h5-10,16H,4,11-12H2,1-3H3,(H,20,23). The van der Waals surface area contributed by atoms with Gasteiger partial charge in [-0.25, -0.2) is 4.98 Å². The van der Waals surface area contributed by atoms with E-state index < -0.39 is 0 Å². The zero-order valence-electron chi connectivity index (χ0n) is 14.4. The van der Waals surface area contributed by atoms with Crippen LogP contribution >= 0.6 is 0 Å². The first-order chi connectivity index (χ1) is 11.6. The van der Waals surface area contributed by atoms with E-state index in [9.17, 15) is 4.79 Å². The number of anilines is 1. The highest BCUT2D eigenvalue weighted by Gasteiger charge is 2.30. The monoisotopic (exact) mass is 325 g/mol. The number of aryl methyl sites for hydroxylation is 2. The van der Waals surface area contributed by atoms with Gasteiger partial charge in [-0.1, -0.05) is 18.2 Å². The number of ether oxygens (including phenoxy) is 1. The Morgan fingerprint density at radius 3 is 2.67 bits per heavy atom. The fourth-order valence-electron chi connectivity index (χ4n) is 2.85. The molecule has 24 heavy (non-hydrogen) atoms. The number of pyridine rings is 1. The maximum atomic E-state index is 11.9. The van der Waals surface area contributed by atoms with Crippen LogP contribution in [0.15, 0.2) is 36.5 Å². The molecule has 0 saturated carbocycles. The van der Waals surface area contributed by atoms with E-state index in [1.54, 1.807) is 12.3 Å². The van der Waals surface area contributed by atoms with Crippen molar-refractivity contribution in [2.75, 3.05) is 24.5 Å². The number of nitrogens with zero attached hydrogens (tertiary/aromatic N) is 2. The minimum absolute atomic E-state index is 0.0648. The Bertz CT molecular complexity index is 719. The second-order valence-electron chi connectivity index (χ2n) is 6.13. The van der Waals surface area contributed by atoms with Crippen molar-refractivity contribution in [3.05, 3.63) is 53.2 Å². The molecule has 3 rings (SSSR count). The van der Waals surface area contributed by atoms with Crippen LogP contribution in [0.1, 0.15) is 28.4 Å². The molecule has 0 unspecified atom stereocenters. The number of carbonyl (C=O) groups excluding carboxylic acids is 1. The first kappa shape index (κ1) is 16.3. The summed E-state index contributed by atoms with van der Waals surface area (Å²) in [7, 11) is 0. The molecule has 1 aromatic carbocycles. The van der Waals surface area contributed by atoms with Gasteiger partial charge in [0.1, 0.15) is 17.7 Å². The van der Waals surface area contributed by atoms with Crippen molar-refractivity contribution in [1.29, 1.82) is 0 Å². The number of hydrogen-bond acceptors (Lipinski definition) is 4. The molecule has 126 valence electrons. The lowest BCUT2D eigenvalue weighted by atomic mass is 10.1. The lowest BCUT2D eigenvalue weighted by Crippen LogP contribution is -2.54. The zero-order valence-corrected chi connectivity index (χ0v) is 14.4. The van der Waals surface area contributed by atoms with Crippen molar-refractivity contribution in [3.8, 4) is 5.75 Å². The van der Waals surface area contributed by atoms with Crippen LogP contribution in [-0.2, 0) is 0 Å².